The predicted octanol–water partition coefficient (Wildman–Crippen LogP) is 6.91. The summed E-state index contributed by atoms with van der Waals surface area (Å²) >= 11 is 0. The molecule has 0 unspecified atom stereocenters. The predicted molar refractivity (Wildman–Crippen MR) is 108 cm³/mol. The van der Waals surface area contributed by atoms with Gasteiger partial charge in [0.05, 0.1) is 12.2 Å². The molecule has 0 saturated heterocycles. The second-order valence-electron chi connectivity index (χ2n) is 7.40. The van der Waals surface area contributed by atoms with E-state index in [-0.39, 0.29) is 5.82 Å². The van der Waals surface area contributed by atoms with E-state index in [9.17, 15) is 4.39 Å². The van der Waals surface area contributed by atoms with E-state index in [1.165, 1.54) is 51.0 Å². The maximum atomic E-state index is 14.1. The van der Waals surface area contributed by atoms with Gasteiger partial charge in [0.15, 0.2) is 0 Å². The number of hydrogen-bond acceptors (Lipinski definition) is 1. The first kappa shape index (κ1) is 20.6. The van der Waals surface area contributed by atoms with Crippen molar-refractivity contribution in [2.45, 2.75) is 71.6 Å². The standard InChI is InChI=1S/C24H33FO/c1-3-5-9-20-12-14-21(15-13-20)10-7-8-11-22-16-17-23(19-24(22)25)26-18-6-4-2/h7,10,16-17,19-21H,3-6,9,12-15,18H2,1-2H3/b10-7+/t20-,21-. The molecule has 142 valence electrons. The Morgan fingerprint density at radius 2 is 1.88 bits per heavy atom. The van der Waals surface area contributed by atoms with Crippen LogP contribution in [0.2, 0.25) is 0 Å². The zero-order chi connectivity index (χ0) is 18.6. The quantitative estimate of drug-likeness (QED) is 0.363. The molecule has 1 aliphatic rings. The zero-order valence-electron chi connectivity index (χ0n) is 16.4. The smallest absolute Gasteiger partial charge is 0.142 e. The van der Waals surface area contributed by atoms with E-state index in [4.69, 9.17) is 4.74 Å². The fourth-order valence-electron chi connectivity index (χ4n) is 3.49. The highest BCUT2D eigenvalue weighted by molar-refractivity contribution is 5.41. The van der Waals surface area contributed by atoms with E-state index in [1.54, 1.807) is 12.1 Å². The van der Waals surface area contributed by atoms with Gasteiger partial charge < -0.3 is 4.74 Å². The number of rotatable bonds is 8. The molecule has 0 N–H and O–H groups in total. The van der Waals surface area contributed by atoms with Crippen molar-refractivity contribution in [1.29, 1.82) is 0 Å². The lowest BCUT2D eigenvalue weighted by Crippen LogP contribution is -2.12. The van der Waals surface area contributed by atoms with Gasteiger partial charge >= 0.3 is 0 Å². The Morgan fingerprint density at radius 3 is 2.58 bits per heavy atom. The summed E-state index contributed by atoms with van der Waals surface area (Å²) in [7, 11) is 0. The molecule has 0 atom stereocenters. The average Bonchev–Trinajstić information content (AvgIpc) is 2.66. The van der Waals surface area contributed by atoms with Gasteiger partial charge in [0.2, 0.25) is 0 Å². The number of unbranched alkanes of at least 4 members (excludes halogenated alkanes) is 2. The molecule has 0 heterocycles. The molecule has 0 bridgehead atoms. The van der Waals surface area contributed by atoms with Gasteiger partial charge in [0, 0.05) is 6.07 Å². The molecule has 2 rings (SSSR count). The van der Waals surface area contributed by atoms with Crippen LogP contribution in [-0.4, -0.2) is 6.61 Å². The van der Waals surface area contributed by atoms with Crippen LogP contribution in [0.1, 0.15) is 77.2 Å². The summed E-state index contributed by atoms with van der Waals surface area (Å²) < 4.78 is 19.6. The molecular formula is C24H33FO. The maximum absolute atomic E-state index is 14.1. The summed E-state index contributed by atoms with van der Waals surface area (Å²) in [5.41, 5.74) is 0.431. The van der Waals surface area contributed by atoms with Crippen LogP contribution in [0.5, 0.6) is 5.75 Å². The van der Waals surface area contributed by atoms with Crippen LogP contribution >= 0.6 is 0 Å². The van der Waals surface area contributed by atoms with Gasteiger partial charge in [0.25, 0.3) is 0 Å². The van der Waals surface area contributed by atoms with E-state index in [0.717, 1.165) is 18.8 Å². The monoisotopic (exact) mass is 356 g/mol. The molecule has 1 aromatic rings. The van der Waals surface area contributed by atoms with Crippen molar-refractivity contribution in [3.05, 3.63) is 41.7 Å². The van der Waals surface area contributed by atoms with Gasteiger partial charge in [-0.2, -0.15) is 0 Å². The summed E-state index contributed by atoms with van der Waals surface area (Å²) in [5, 5.41) is 0. The third-order valence-corrected chi connectivity index (χ3v) is 5.22. The van der Waals surface area contributed by atoms with Crippen LogP contribution in [0.25, 0.3) is 0 Å². The molecule has 0 radical (unpaired) electrons. The summed E-state index contributed by atoms with van der Waals surface area (Å²) in [6.07, 6.45) is 15.5. The number of halogens is 1. The lowest BCUT2D eigenvalue weighted by atomic mass is 9.80. The molecule has 26 heavy (non-hydrogen) atoms. The van der Waals surface area contributed by atoms with Crippen LogP contribution < -0.4 is 4.74 Å². The Hall–Kier alpha value is -1.75. The summed E-state index contributed by atoms with van der Waals surface area (Å²) in [4.78, 5) is 0. The third kappa shape index (κ3) is 7.24. The number of benzene rings is 1. The number of hydrogen-bond donors (Lipinski definition) is 0. The normalized spacial score (nSPS) is 20.0. The van der Waals surface area contributed by atoms with Gasteiger partial charge in [-0.1, -0.05) is 57.4 Å². The summed E-state index contributed by atoms with van der Waals surface area (Å²) in [6, 6.07) is 4.93. The van der Waals surface area contributed by atoms with E-state index >= 15 is 0 Å². The van der Waals surface area contributed by atoms with Crippen molar-refractivity contribution in [2.75, 3.05) is 6.61 Å². The van der Waals surface area contributed by atoms with Crippen molar-refractivity contribution in [1.82, 2.24) is 0 Å². The lowest BCUT2D eigenvalue weighted by Gasteiger charge is -2.26. The average molecular weight is 357 g/mol. The van der Waals surface area contributed by atoms with Crippen LogP contribution in [-0.2, 0) is 0 Å². The Labute approximate surface area is 159 Å². The fourth-order valence-corrected chi connectivity index (χ4v) is 3.49. The second-order valence-corrected chi connectivity index (χ2v) is 7.40. The molecular weight excluding hydrogens is 323 g/mol. The zero-order valence-corrected chi connectivity index (χ0v) is 16.4. The van der Waals surface area contributed by atoms with Gasteiger partial charge in [-0.15, -0.1) is 0 Å². The van der Waals surface area contributed by atoms with Gasteiger partial charge in [-0.3, -0.25) is 0 Å². The van der Waals surface area contributed by atoms with Gasteiger partial charge in [-0.25, -0.2) is 4.39 Å². The highest BCUT2D eigenvalue weighted by Crippen LogP contribution is 2.32. The van der Waals surface area contributed by atoms with Crippen molar-refractivity contribution in [3.63, 3.8) is 0 Å². The molecule has 0 amide bonds. The Kier molecular flexibility index (Phi) is 9.32. The Morgan fingerprint density at radius 1 is 1.12 bits per heavy atom. The minimum absolute atomic E-state index is 0.309. The highest BCUT2D eigenvalue weighted by Gasteiger charge is 2.18. The highest BCUT2D eigenvalue weighted by atomic mass is 19.1. The van der Waals surface area contributed by atoms with Crippen LogP contribution in [0, 0.1) is 29.5 Å². The molecule has 1 fully saturated rings. The molecule has 1 nitrogen and oxygen atoms in total. The topological polar surface area (TPSA) is 9.23 Å². The minimum Gasteiger partial charge on any atom is -0.493 e. The SMILES string of the molecule is CCCCOc1ccc(C#C/C=C/[C@H]2CC[C@H](CCCC)CC2)c(F)c1. The maximum Gasteiger partial charge on any atom is 0.142 e. The second kappa shape index (κ2) is 11.8. The molecule has 1 aliphatic carbocycles. The molecule has 0 aliphatic heterocycles. The van der Waals surface area contributed by atoms with Crippen LogP contribution in [0.15, 0.2) is 30.4 Å². The first-order valence-corrected chi connectivity index (χ1v) is 10.3. The molecule has 0 spiro atoms. The minimum atomic E-state index is -0.309. The Bertz CT molecular complexity index is 615. The third-order valence-electron chi connectivity index (χ3n) is 5.22. The van der Waals surface area contributed by atoms with Gasteiger partial charge in [-0.05, 0) is 62.1 Å². The van der Waals surface area contributed by atoms with Gasteiger partial charge in [0.1, 0.15) is 11.6 Å². The largest absolute Gasteiger partial charge is 0.493 e. The molecule has 2 heteroatoms. The van der Waals surface area contributed by atoms with E-state index < -0.39 is 0 Å². The van der Waals surface area contributed by atoms with Crippen molar-refractivity contribution in [2.24, 2.45) is 11.8 Å². The molecule has 1 aromatic carbocycles. The van der Waals surface area contributed by atoms with Crippen LogP contribution in [0.4, 0.5) is 4.39 Å². The molecule has 1 saturated carbocycles. The number of ether oxygens (including phenoxy) is 1. The summed E-state index contributed by atoms with van der Waals surface area (Å²) in [5.74, 6) is 7.75. The first-order chi connectivity index (χ1) is 12.7. The van der Waals surface area contributed by atoms with E-state index in [2.05, 4.69) is 31.8 Å². The molecule has 0 aromatic heterocycles. The summed E-state index contributed by atoms with van der Waals surface area (Å²) in [6.45, 7) is 5.00. The number of allylic oxidation sites excluding steroid dienone is 2. The van der Waals surface area contributed by atoms with Crippen LogP contribution in [0.3, 0.4) is 0 Å². The first-order valence-electron chi connectivity index (χ1n) is 10.3. The van der Waals surface area contributed by atoms with Crippen molar-refractivity contribution >= 4 is 0 Å². The lowest BCUT2D eigenvalue weighted by molar-refractivity contribution is 0.291. The van der Waals surface area contributed by atoms with Crippen molar-refractivity contribution < 1.29 is 9.13 Å². The Balaban J connectivity index is 1.79. The van der Waals surface area contributed by atoms with Crippen molar-refractivity contribution in [3.8, 4) is 17.6 Å². The fraction of sp³-hybridized carbons (Fsp3) is 0.583. The van der Waals surface area contributed by atoms with E-state index in [1.807, 2.05) is 6.08 Å². The van der Waals surface area contributed by atoms with E-state index in [0.29, 0.717) is 23.8 Å².